The van der Waals surface area contributed by atoms with Gasteiger partial charge >= 0.3 is 0 Å². The van der Waals surface area contributed by atoms with E-state index < -0.39 is 0 Å². The molecule has 0 spiro atoms. The smallest absolute Gasteiger partial charge is 0.265 e. The number of benzene rings is 6. The third kappa shape index (κ3) is 24.7. The molecule has 9 aliphatic rings. The Labute approximate surface area is 806 Å². The van der Waals surface area contributed by atoms with Crippen molar-refractivity contribution in [2.24, 2.45) is 0 Å². The van der Waals surface area contributed by atoms with Crippen molar-refractivity contribution in [3.05, 3.63) is 284 Å². The van der Waals surface area contributed by atoms with Crippen LogP contribution in [0.4, 0.5) is 17.1 Å². The van der Waals surface area contributed by atoms with Crippen molar-refractivity contribution >= 4 is 121 Å². The van der Waals surface area contributed by atoms with Gasteiger partial charge in [-0.1, -0.05) is 167 Å². The molecule has 0 saturated heterocycles. The number of hydrogen-bond acceptors (Lipinski definition) is 18. The van der Waals surface area contributed by atoms with Crippen molar-refractivity contribution in [2.45, 2.75) is 257 Å². The average Bonchev–Trinajstić information content (AvgIpc) is 1.62. The van der Waals surface area contributed by atoms with Crippen molar-refractivity contribution in [3.8, 4) is 0 Å². The number of halogens is 1. The van der Waals surface area contributed by atoms with Crippen molar-refractivity contribution in [3.63, 3.8) is 0 Å². The van der Waals surface area contributed by atoms with E-state index in [0.29, 0.717) is 151 Å². The Morgan fingerprint density at radius 2 is 0.852 bits per heavy atom. The molecule has 4 aliphatic heterocycles. The number of thiophene rings is 2. The summed E-state index contributed by atoms with van der Waals surface area (Å²) >= 11 is 9.25. The monoisotopic (exact) mass is 1880 g/mol. The Morgan fingerprint density at radius 3 is 1.23 bits per heavy atom. The Bertz CT molecular complexity index is 5820. The minimum Gasteiger partial charge on any atom is -0.377 e. The third-order valence-electron chi connectivity index (χ3n) is 27.6. The molecule has 6 heterocycles. The number of carbonyl (C=O) groups is 12. The van der Waals surface area contributed by atoms with Crippen LogP contribution in [0.5, 0.6) is 0 Å². The minimum absolute atomic E-state index is 0.0260. The van der Waals surface area contributed by atoms with Crippen LogP contribution in [0.2, 0.25) is 5.02 Å². The lowest BCUT2D eigenvalue weighted by Gasteiger charge is -2.30. The summed E-state index contributed by atoms with van der Waals surface area (Å²) in [6.07, 6.45) is 14.7. The summed E-state index contributed by atoms with van der Waals surface area (Å²) in [6, 6.07) is 38.9. The zero-order valence-corrected chi connectivity index (χ0v) is 81.9. The molecule has 2 unspecified atom stereocenters. The number of carbonyl (C=O) groups excluding carboxylic acids is 12. The number of allylic oxidation sites excluding steroid dienone is 4. The van der Waals surface area contributed by atoms with Crippen molar-refractivity contribution < 1.29 is 57.5 Å². The molecule has 135 heavy (non-hydrogen) atoms. The molecule has 4 atom stereocenters. The quantitative estimate of drug-likeness (QED) is 0.0305. The first-order chi connectivity index (χ1) is 64.4. The molecule has 0 radical (unpaired) electrons. The van der Waals surface area contributed by atoms with E-state index in [4.69, 9.17) is 11.6 Å². The molecule has 708 valence electrons. The van der Waals surface area contributed by atoms with Gasteiger partial charge in [0.15, 0.2) is 23.1 Å². The van der Waals surface area contributed by atoms with Gasteiger partial charge in [-0.2, -0.15) is 0 Å². The number of amides is 6. The number of rotatable bonds is 30. The maximum absolute atomic E-state index is 12.9. The zero-order chi connectivity index (χ0) is 96.4. The van der Waals surface area contributed by atoms with Crippen LogP contribution in [0.25, 0.3) is 0 Å². The summed E-state index contributed by atoms with van der Waals surface area (Å²) < 4.78 is 0. The molecule has 25 heteroatoms. The van der Waals surface area contributed by atoms with E-state index in [9.17, 15) is 57.5 Å². The fraction of sp³-hybridized carbons (Fsp3) is 0.418. The molecule has 2 aromatic heterocycles. The largest absolute Gasteiger partial charge is 0.377 e. The number of ketones is 6. The summed E-state index contributed by atoms with van der Waals surface area (Å²) in [6.45, 7) is 30.2. The zero-order valence-electron chi connectivity index (χ0n) is 79.5. The van der Waals surface area contributed by atoms with Gasteiger partial charge in [-0.25, -0.2) is 0 Å². The van der Waals surface area contributed by atoms with E-state index in [1.54, 1.807) is 31.7 Å². The maximum Gasteiger partial charge on any atom is 0.265 e. The number of nitrogens with zero attached hydrogens (tertiary/aromatic N) is 6. The molecule has 5 aliphatic carbocycles. The van der Waals surface area contributed by atoms with Crippen LogP contribution in [0.3, 0.4) is 0 Å². The standard InChI is InChI=1S/C28H31NO3S.C28H33NO3S.C27H31ClN4O3.C27H32N4O3/c1-18-3-12-24(25(31)15-18)29-16-23-20(17-33-26(23)27(29)32)7-11-22(30)10-6-19-4-8-21(9-5-19)28(2)13-14-28;1-18-5-14-24(25(31)15-18)29-16-23-20(17-33-26(23)27(29)32)9-13-22(30)12-8-19-6-10-21(11-7-19)28(2,3)4;1-17-4-9-24(25(33)10-17)32-16-20-11-18(5-8-22(20)27(32)35)13-30-26(34)14-29-21-7-6-19(15-31(2)3)23(28)12-21;1-17-5-9-24(25(32)11-17)31-16-20-13-19(6-8-22(20)27(31)34)14-29-26(33)15-28-21-7-10-23(30(3)4)18(2)12-21/h4-5,8-9,17,24H,1,3,6-7,10-16H2,2H3;6-7,10-11,17,24H,1,5,8-9,12-16H2,2-4H3;5-8,11-12,24,29H,1,4,9-10,13-16H2,2-3H3,(H,30,34);6-8,10,12-13,24,28H,1,5,9,11,14-16H2,2-4H3,(H,29,33)/t2*24-;;/m00../s1. The summed E-state index contributed by atoms with van der Waals surface area (Å²) in [5.41, 5.74) is 23.5. The number of hydrogen-bond donors (Lipinski definition) is 4. The van der Waals surface area contributed by atoms with Crippen LogP contribution in [0.15, 0.2) is 181 Å². The SMILES string of the molecule is C=C1CCC(N2Cc3cc(CNC(=O)CNc4ccc(CN(C)C)c(Cl)c4)ccc3C2=O)C(=O)C1.C=C1CCC(N2Cc3cc(CNC(=O)CNc4ccc(N(C)C)c(C)c4)ccc3C2=O)C(=O)C1.C=C1CC[C@H](N2Cc3c(CCC(=O)CCc4ccc(C(C)(C)C)cc4)csc3C2=O)C(=O)C1.C=C1CC[C@H](N2Cc3c(CCC(=O)CCc4ccc(C5(C)CC5)cc4)csc3C2=O)C(=O)C1. The third-order valence-corrected chi connectivity index (χ3v) is 30.1. The first kappa shape index (κ1) is 99.1. The first-order valence-corrected chi connectivity index (χ1v) is 49.4. The molecule has 6 aromatic carbocycles. The predicted octanol–water partition coefficient (Wildman–Crippen LogP) is 18.6. The topological polar surface area (TPSA) is 272 Å². The molecular formula is C110H127ClN10O12S2. The van der Waals surface area contributed by atoms with Gasteiger partial charge < -0.3 is 50.7 Å². The Kier molecular flexibility index (Phi) is 31.9. The van der Waals surface area contributed by atoms with E-state index in [2.05, 4.69) is 129 Å². The van der Waals surface area contributed by atoms with E-state index in [0.717, 1.165) is 150 Å². The highest BCUT2D eigenvalue weighted by atomic mass is 35.5. The van der Waals surface area contributed by atoms with E-state index in [1.807, 2.05) is 111 Å². The second-order valence-electron chi connectivity index (χ2n) is 39.6. The Morgan fingerprint density at radius 1 is 0.467 bits per heavy atom. The van der Waals surface area contributed by atoms with Gasteiger partial charge in [0.1, 0.15) is 11.6 Å². The van der Waals surface area contributed by atoms with Gasteiger partial charge in [-0.05, 0) is 253 Å². The number of Topliss-reactive ketones (excluding diaryl/α,β-unsaturated/α-hetero) is 6. The van der Waals surface area contributed by atoms with Crippen molar-refractivity contribution in [1.82, 2.24) is 35.1 Å². The van der Waals surface area contributed by atoms with E-state index >= 15 is 0 Å². The molecule has 22 nitrogen and oxygen atoms in total. The fourth-order valence-corrected chi connectivity index (χ4v) is 21.6. The van der Waals surface area contributed by atoms with E-state index in [1.165, 1.54) is 57.8 Å². The average molecular weight is 1880 g/mol. The molecule has 0 bridgehead atoms. The summed E-state index contributed by atoms with van der Waals surface area (Å²) in [5.74, 6) is 0.349. The van der Waals surface area contributed by atoms with Gasteiger partial charge in [0, 0.05) is 144 Å². The van der Waals surface area contributed by atoms with Gasteiger partial charge in [0.05, 0.1) is 47.0 Å². The highest BCUT2D eigenvalue weighted by Gasteiger charge is 2.45. The van der Waals surface area contributed by atoms with Crippen LogP contribution >= 0.6 is 34.3 Å². The molecular weight excluding hydrogens is 1750 g/mol. The summed E-state index contributed by atoms with van der Waals surface area (Å²) in [5, 5.41) is 16.8. The van der Waals surface area contributed by atoms with Gasteiger partial charge in [-0.15, -0.1) is 22.7 Å². The Balaban J connectivity index is 0.000000144. The van der Waals surface area contributed by atoms with E-state index in [-0.39, 0.29) is 113 Å². The molecule has 8 aromatic rings. The molecule has 5 fully saturated rings. The molecule has 4 N–H and O–H groups in total. The molecule has 5 saturated carbocycles. The van der Waals surface area contributed by atoms with Crippen LogP contribution in [-0.4, -0.2) is 160 Å². The predicted molar refractivity (Wildman–Crippen MR) is 535 cm³/mol. The first-order valence-electron chi connectivity index (χ1n) is 47.3. The number of fused-ring (bicyclic) bond motifs is 4. The van der Waals surface area contributed by atoms with Gasteiger partial charge in [0.2, 0.25) is 11.8 Å². The normalized spacial score (nSPS) is 18.8. The van der Waals surface area contributed by atoms with Crippen LogP contribution < -0.4 is 26.2 Å². The number of anilines is 3. The molecule has 17 rings (SSSR count). The highest BCUT2D eigenvalue weighted by Crippen LogP contribution is 2.48. The molecule has 6 amide bonds. The Hall–Kier alpha value is -11.8. The number of nitrogens with one attached hydrogen (secondary N) is 4. The highest BCUT2D eigenvalue weighted by molar-refractivity contribution is 7.12. The summed E-state index contributed by atoms with van der Waals surface area (Å²) in [4.78, 5) is 164. The summed E-state index contributed by atoms with van der Waals surface area (Å²) in [7, 11) is 7.97. The van der Waals surface area contributed by atoms with Crippen molar-refractivity contribution in [1.29, 1.82) is 0 Å². The van der Waals surface area contributed by atoms with Gasteiger partial charge in [-0.3, -0.25) is 57.5 Å². The van der Waals surface area contributed by atoms with Gasteiger partial charge in [0.25, 0.3) is 23.6 Å². The minimum atomic E-state index is -0.375. The maximum atomic E-state index is 12.9. The van der Waals surface area contributed by atoms with Crippen LogP contribution in [0, 0.1) is 6.92 Å². The van der Waals surface area contributed by atoms with Crippen LogP contribution in [-0.2, 0) is 121 Å². The second kappa shape index (κ2) is 43.5. The lowest BCUT2D eigenvalue weighted by Crippen LogP contribution is -2.43. The van der Waals surface area contributed by atoms with Crippen LogP contribution in [0.1, 0.15) is 261 Å². The lowest BCUT2D eigenvalue weighted by molar-refractivity contribution is -0.124. The fourth-order valence-electron chi connectivity index (χ4n) is 19.2. The second-order valence-corrected chi connectivity index (χ2v) is 41.8. The van der Waals surface area contributed by atoms with Crippen molar-refractivity contribution in [2.75, 3.05) is 56.8 Å². The lowest BCUT2D eigenvalue weighted by atomic mass is 9.86. The number of aryl methyl sites for hydroxylation is 5.